The van der Waals surface area contributed by atoms with E-state index < -0.39 is 5.97 Å². The van der Waals surface area contributed by atoms with Gasteiger partial charge in [-0.3, -0.25) is 14.4 Å². The van der Waals surface area contributed by atoms with E-state index in [0.29, 0.717) is 17.1 Å². The summed E-state index contributed by atoms with van der Waals surface area (Å²) in [5, 5.41) is 11.4. The molecule has 0 aliphatic heterocycles. The number of carbonyl (C=O) groups is 2. The lowest BCUT2D eigenvalue weighted by atomic mass is 10.1. The summed E-state index contributed by atoms with van der Waals surface area (Å²) in [6.45, 7) is 2.35. The van der Waals surface area contributed by atoms with E-state index in [1.54, 1.807) is 6.92 Å². The number of H-pyrrole nitrogens is 1. The minimum atomic E-state index is -0.714. The highest BCUT2D eigenvalue weighted by Gasteiger charge is 2.12. The second kappa shape index (κ2) is 11.0. The lowest BCUT2D eigenvalue weighted by Gasteiger charge is -2.04. The van der Waals surface area contributed by atoms with E-state index in [2.05, 4.69) is 10.3 Å². The van der Waals surface area contributed by atoms with Gasteiger partial charge in [0.2, 0.25) is 0 Å². The molecule has 0 saturated carbocycles. The van der Waals surface area contributed by atoms with Gasteiger partial charge in [-0.25, -0.2) is 0 Å². The molecular formula is C16H26N2O4S. The first-order valence-corrected chi connectivity index (χ1v) is 9.02. The molecule has 0 aliphatic rings. The first-order valence-electron chi connectivity index (χ1n) is 8.20. The van der Waals surface area contributed by atoms with Crippen LogP contribution in [0.4, 0.5) is 0 Å². The smallest absolute Gasteiger partial charge is 0.305 e. The summed E-state index contributed by atoms with van der Waals surface area (Å²) in [7, 11) is 0. The van der Waals surface area contributed by atoms with Crippen molar-refractivity contribution in [2.45, 2.75) is 64.7 Å². The molecule has 7 heteroatoms. The number of aryl methyl sites for hydroxylation is 1. The van der Waals surface area contributed by atoms with Crippen LogP contribution in [0.15, 0.2) is 4.79 Å². The molecule has 0 atom stereocenters. The summed E-state index contributed by atoms with van der Waals surface area (Å²) < 4.78 is 0. The first-order chi connectivity index (χ1) is 11.0. The van der Waals surface area contributed by atoms with Crippen LogP contribution in [0.25, 0.3) is 0 Å². The zero-order valence-corrected chi connectivity index (χ0v) is 14.5. The maximum atomic E-state index is 11.9. The standard InChI is InChI=1S/C16H26N2O4S/c1-12-14(23-16(22)18-12)15(21)17-11-9-7-5-3-2-4-6-8-10-13(19)20/h2-11H2,1H3,(H,17,21)(H,18,22)(H,19,20). The Labute approximate surface area is 140 Å². The Morgan fingerprint density at radius 2 is 1.61 bits per heavy atom. The molecule has 1 amide bonds. The Balaban J connectivity index is 1.95. The third-order valence-corrected chi connectivity index (χ3v) is 4.62. The molecular weight excluding hydrogens is 316 g/mol. The number of rotatable bonds is 12. The zero-order chi connectivity index (χ0) is 17.1. The number of hydrogen-bond donors (Lipinski definition) is 3. The van der Waals surface area contributed by atoms with Crippen LogP contribution in [-0.4, -0.2) is 28.5 Å². The third-order valence-electron chi connectivity index (χ3n) is 3.63. The van der Waals surface area contributed by atoms with Crippen molar-refractivity contribution in [2.24, 2.45) is 0 Å². The Hall–Kier alpha value is -1.63. The first kappa shape index (κ1) is 19.4. The second-order valence-corrected chi connectivity index (χ2v) is 6.68. The molecule has 6 nitrogen and oxygen atoms in total. The fourth-order valence-electron chi connectivity index (χ4n) is 2.37. The summed E-state index contributed by atoms with van der Waals surface area (Å²) in [6.07, 6.45) is 8.55. The van der Waals surface area contributed by atoms with E-state index in [1.807, 2.05) is 0 Å². The molecule has 3 N–H and O–H groups in total. The minimum Gasteiger partial charge on any atom is -0.481 e. The highest BCUT2D eigenvalue weighted by Crippen LogP contribution is 2.10. The zero-order valence-electron chi connectivity index (χ0n) is 13.7. The van der Waals surface area contributed by atoms with E-state index in [4.69, 9.17) is 5.11 Å². The predicted octanol–water partition coefficient (Wildman–Crippen LogP) is 3.07. The van der Waals surface area contributed by atoms with Crippen LogP contribution in [0.3, 0.4) is 0 Å². The van der Waals surface area contributed by atoms with E-state index in [9.17, 15) is 14.4 Å². The molecule has 23 heavy (non-hydrogen) atoms. The summed E-state index contributed by atoms with van der Waals surface area (Å²) in [5.41, 5.74) is 0.625. The summed E-state index contributed by atoms with van der Waals surface area (Å²) in [6, 6.07) is 0. The lowest BCUT2D eigenvalue weighted by Crippen LogP contribution is -2.24. The van der Waals surface area contributed by atoms with E-state index in [0.717, 1.165) is 62.7 Å². The average Bonchev–Trinajstić information content (AvgIpc) is 2.83. The van der Waals surface area contributed by atoms with Gasteiger partial charge in [0.25, 0.3) is 5.91 Å². The van der Waals surface area contributed by atoms with Gasteiger partial charge in [-0.05, 0) is 19.8 Å². The number of nitrogens with one attached hydrogen (secondary N) is 2. The number of aliphatic carboxylic acids is 1. The van der Waals surface area contributed by atoms with Gasteiger partial charge in [0.15, 0.2) is 0 Å². The Bertz CT molecular complexity index is 551. The minimum absolute atomic E-state index is 0.177. The molecule has 1 aromatic rings. The number of carboxylic acids is 1. The highest BCUT2D eigenvalue weighted by molar-refractivity contribution is 7.11. The molecule has 1 aromatic heterocycles. The van der Waals surface area contributed by atoms with Crippen LogP contribution in [0.2, 0.25) is 0 Å². The molecule has 1 rings (SSSR count). The van der Waals surface area contributed by atoms with Crippen LogP contribution in [-0.2, 0) is 4.79 Å². The SMILES string of the molecule is Cc1[nH]c(=O)sc1C(=O)NCCCCCCCCCCC(=O)O. The monoisotopic (exact) mass is 342 g/mol. The molecule has 0 fully saturated rings. The Morgan fingerprint density at radius 1 is 1.04 bits per heavy atom. The molecule has 1 heterocycles. The van der Waals surface area contributed by atoms with Crippen molar-refractivity contribution in [1.29, 1.82) is 0 Å². The molecule has 0 saturated heterocycles. The van der Waals surface area contributed by atoms with E-state index in [-0.39, 0.29) is 17.2 Å². The Morgan fingerprint density at radius 3 is 2.13 bits per heavy atom. The third kappa shape index (κ3) is 8.54. The summed E-state index contributed by atoms with van der Waals surface area (Å²) in [4.78, 5) is 36.2. The molecule has 0 spiro atoms. The lowest BCUT2D eigenvalue weighted by molar-refractivity contribution is -0.137. The number of amides is 1. The van der Waals surface area contributed by atoms with Crippen LogP contribution >= 0.6 is 11.3 Å². The highest BCUT2D eigenvalue weighted by atomic mass is 32.1. The average molecular weight is 342 g/mol. The fourth-order valence-corrected chi connectivity index (χ4v) is 3.12. The second-order valence-electron chi connectivity index (χ2n) is 5.70. The largest absolute Gasteiger partial charge is 0.481 e. The van der Waals surface area contributed by atoms with Crippen molar-refractivity contribution in [1.82, 2.24) is 10.3 Å². The number of carboxylic acid groups (broad SMARTS) is 1. The molecule has 0 unspecified atom stereocenters. The van der Waals surface area contributed by atoms with Crippen molar-refractivity contribution < 1.29 is 14.7 Å². The van der Waals surface area contributed by atoms with Gasteiger partial charge < -0.3 is 15.4 Å². The quantitative estimate of drug-likeness (QED) is 0.508. The van der Waals surface area contributed by atoms with Crippen molar-refractivity contribution in [3.63, 3.8) is 0 Å². The van der Waals surface area contributed by atoms with Crippen LogP contribution < -0.4 is 10.2 Å². The number of unbranched alkanes of at least 4 members (excludes halogenated alkanes) is 7. The van der Waals surface area contributed by atoms with Crippen molar-refractivity contribution in [3.8, 4) is 0 Å². The maximum absolute atomic E-state index is 11.9. The molecule has 130 valence electrons. The van der Waals surface area contributed by atoms with Crippen LogP contribution in [0.5, 0.6) is 0 Å². The summed E-state index contributed by atoms with van der Waals surface area (Å²) >= 11 is 0.946. The van der Waals surface area contributed by atoms with Gasteiger partial charge in [-0.2, -0.15) is 0 Å². The van der Waals surface area contributed by atoms with Crippen LogP contribution in [0, 0.1) is 6.92 Å². The maximum Gasteiger partial charge on any atom is 0.305 e. The van der Waals surface area contributed by atoms with Gasteiger partial charge in [-0.1, -0.05) is 49.9 Å². The molecule has 0 aromatic carbocycles. The topological polar surface area (TPSA) is 99.3 Å². The van der Waals surface area contributed by atoms with Gasteiger partial charge >= 0.3 is 10.8 Å². The molecule has 0 bridgehead atoms. The van der Waals surface area contributed by atoms with Crippen LogP contribution in [0.1, 0.15) is 73.2 Å². The molecule has 0 aliphatic carbocycles. The van der Waals surface area contributed by atoms with Gasteiger partial charge in [0, 0.05) is 18.7 Å². The Kier molecular flexibility index (Phi) is 9.28. The number of hydrogen-bond acceptors (Lipinski definition) is 4. The van der Waals surface area contributed by atoms with Gasteiger partial charge in [-0.15, -0.1) is 0 Å². The number of aromatic amines is 1. The molecule has 0 radical (unpaired) electrons. The van der Waals surface area contributed by atoms with Crippen molar-refractivity contribution in [3.05, 3.63) is 20.2 Å². The van der Waals surface area contributed by atoms with Gasteiger partial charge in [0.05, 0.1) is 0 Å². The normalized spacial score (nSPS) is 10.7. The van der Waals surface area contributed by atoms with E-state index in [1.165, 1.54) is 0 Å². The number of carbonyl (C=O) groups excluding carboxylic acids is 1. The summed E-state index contributed by atoms with van der Waals surface area (Å²) in [5.74, 6) is -0.890. The van der Waals surface area contributed by atoms with Gasteiger partial charge in [0.1, 0.15) is 4.88 Å². The predicted molar refractivity (Wildman–Crippen MR) is 91.2 cm³/mol. The number of thiazole rings is 1. The van der Waals surface area contributed by atoms with Crippen molar-refractivity contribution in [2.75, 3.05) is 6.54 Å². The van der Waals surface area contributed by atoms with Crippen molar-refractivity contribution >= 4 is 23.2 Å². The fraction of sp³-hybridized carbons (Fsp3) is 0.688. The van der Waals surface area contributed by atoms with E-state index >= 15 is 0 Å². The number of aromatic nitrogens is 1.